The first kappa shape index (κ1) is 21.5. The highest BCUT2D eigenvalue weighted by atomic mass is 35.5. The van der Waals surface area contributed by atoms with Crippen LogP contribution >= 0.6 is 23.4 Å². The highest BCUT2D eigenvalue weighted by Gasteiger charge is 2.15. The van der Waals surface area contributed by atoms with Crippen LogP contribution in [0.5, 0.6) is 5.75 Å². The second-order valence-corrected chi connectivity index (χ2v) is 7.81. The van der Waals surface area contributed by atoms with Crippen LogP contribution in [0.3, 0.4) is 0 Å². The lowest BCUT2D eigenvalue weighted by Gasteiger charge is -2.17. The fourth-order valence-electron chi connectivity index (χ4n) is 2.75. The number of fused-ring (bicyclic) bond motifs is 1. The first-order valence-corrected chi connectivity index (χ1v) is 10.6. The summed E-state index contributed by atoms with van der Waals surface area (Å²) in [5, 5.41) is 1.49. The van der Waals surface area contributed by atoms with E-state index in [4.69, 9.17) is 21.1 Å². The van der Waals surface area contributed by atoms with Gasteiger partial charge in [0.25, 0.3) is 0 Å². The highest BCUT2D eigenvalue weighted by molar-refractivity contribution is 7.99. The van der Waals surface area contributed by atoms with Crippen LogP contribution < -0.4 is 4.74 Å². The van der Waals surface area contributed by atoms with Crippen molar-refractivity contribution in [3.63, 3.8) is 0 Å². The van der Waals surface area contributed by atoms with E-state index in [0.717, 1.165) is 21.9 Å². The third kappa shape index (κ3) is 5.88. The van der Waals surface area contributed by atoms with Gasteiger partial charge in [0.05, 0.1) is 29.9 Å². The van der Waals surface area contributed by atoms with Crippen LogP contribution in [0.1, 0.15) is 0 Å². The largest absolute Gasteiger partial charge is 0.492 e. The van der Waals surface area contributed by atoms with Crippen LogP contribution in [0.25, 0.3) is 11.0 Å². The van der Waals surface area contributed by atoms with Gasteiger partial charge in [-0.3, -0.25) is 4.79 Å². The SMILES string of the molecule is COCCn1c(SCC(=O)N(C)CCOc2ccc(Cl)cc2)nc2ccccc21. The fourth-order valence-corrected chi connectivity index (χ4v) is 3.86. The summed E-state index contributed by atoms with van der Waals surface area (Å²) in [6.45, 7) is 2.20. The molecule has 0 saturated carbocycles. The molecule has 6 nitrogen and oxygen atoms in total. The first-order chi connectivity index (χ1) is 14.1. The zero-order valence-electron chi connectivity index (χ0n) is 16.5. The Labute approximate surface area is 179 Å². The molecule has 0 aliphatic carbocycles. The molecule has 3 rings (SSSR count). The third-order valence-corrected chi connectivity index (χ3v) is 5.61. The summed E-state index contributed by atoms with van der Waals surface area (Å²) < 4.78 is 13.0. The molecule has 0 saturated heterocycles. The van der Waals surface area contributed by atoms with Crippen molar-refractivity contribution in [3.05, 3.63) is 53.6 Å². The number of carbonyl (C=O) groups is 1. The fraction of sp³-hybridized carbons (Fsp3) is 0.333. The molecule has 0 N–H and O–H groups in total. The van der Waals surface area contributed by atoms with Gasteiger partial charge in [-0.25, -0.2) is 4.98 Å². The molecule has 0 unspecified atom stereocenters. The number of para-hydroxylation sites is 2. The molecule has 8 heteroatoms. The molecule has 1 heterocycles. The first-order valence-electron chi connectivity index (χ1n) is 9.28. The van der Waals surface area contributed by atoms with Crippen molar-refractivity contribution >= 4 is 40.3 Å². The molecule has 0 spiro atoms. The minimum Gasteiger partial charge on any atom is -0.492 e. The van der Waals surface area contributed by atoms with Gasteiger partial charge in [0.15, 0.2) is 5.16 Å². The molecule has 0 fully saturated rings. The number of aromatic nitrogens is 2. The number of hydrogen-bond donors (Lipinski definition) is 0. The number of benzene rings is 2. The van der Waals surface area contributed by atoms with E-state index in [1.165, 1.54) is 11.8 Å². The second kappa shape index (κ2) is 10.5. The third-order valence-electron chi connectivity index (χ3n) is 4.40. The molecule has 0 bridgehead atoms. The van der Waals surface area contributed by atoms with Crippen molar-refractivity contribution in [2.75, 3.05) is 39.7 Å². The topological polar surface area (TPSA) is 56.6 Å². The molecule has 29 heavy (non-hydrogen) atoms. The molecule has 0 aliphatic heterocycles. The van der Waals surface area contributed by atoms with Gasteiger partial charge < -0.3 is 18.9 Å². The van der Waals surface area contributed by atoms with Crippen molar-refractivity contribution in [1.82, 2.24) is 14.5 Å². The molecule has 1 amide bonds. The number of imidazole rings is 1. The van der Waals surface area contributed by atoms with E-state index in [1.807, 2.05) is 36.4 Å². The Morgan fingerprint density at radius 1 is 1.17 bits per heavy atom. The van der Waals surface area contributed by atoms with E-state index < -0.39 is 0 Å². The average molecular weight is 434 g/mol. The van der Waals surface area contributed by atoms with Gasteiger partial charge in [-0.1, -0.05) is 35.5 Å². The number of nitrogens with zero attached hydrogens (tertiary/aromatic N) is 3. The Morgan fingerprint density at radius 2 is 1.93 bits per heavy atom. The van der Waals surface area contributed by atoms with Crippen LogP contribution in [0.15, 0.2) is 53.7 Å². The Balaban J connectivity index is 1.53. The zero-order valence-corrected chi connectivity index (χ0v) is 18.1. The normalized spacial score (nSPS) is 11.0. The Bertz CT molecular complexity index is 946. The number of carbonyl (C=O) groups excluding carboxylic acids is 1. The number of halogens is 1. The number of rotatable bonds is 10. The number of likely N-dealkylation sites (N-methyl/N-ethyl adjacent to an activating group) is 1. The maximum absolute atomic E-state index is 12.5. The van der Waals surface area contributed by atoms with Crippen LogP contribution in [0, 0.1) is 0 Å². The van der Waals surface area contributed by atoms with Crippen molar-refractivity contribution < 1.29 is 14.3 Å². The maximum atomic E-state index is 12.5. The van der Waals surface area contributed by atoms with Gasteiger partial charge >= 0.3 is 0 Å². The summed E-state index contributed by atoms with van der Waals surface area (Å²) in [4.78, 5) is 18.9. The Morgan fingerprint density at radius 3 is 2.69 bits per heavy atom. The summed E-state index contributed by atoms with van der Waals surface area (Å²) >= 11 is 7.30. The molecule has 2 aromatic carbocycles. The molecule has 1 aromatic heterocycles. The van der Waals surface area contributed by atoms with E-state index in [0.29, 0.717) is 37.1 Å². The van der Waals surface area contributed by atoms with E-state index in [-0.39, 0.29) is 5.91 Å². The average Bonchev–Trinajstić information content (AvgIpc) is 3.09. The zero-order chi connectivity index (χ0) is 20.6. The van der Waals surface area contributed by atoms with Gasteiger partial charge in [0, 0.05) is 25.7 Å². The lowest BCUT2D eigenvalue weighted by atomic mass is 10.3. The van der Waals surface area contributed by atoms with Crippen molar-refractivity contribution in [2.45, 2.75) is 11.7 Å². The van der Waals surface area contributed by atoms with Gasteiger partial charge in [-0.05, 0) is 36.4 Å². The van der Waals surface area contributed by atoms with E-state index in [9.17, 15) is 4.79 Å². The highest BCUT2D eigenvalue weighted by Crippen LogP contribution is 2.24. The van der Waals surface area contributed by atoms with Crippen LogP contribution in [0.4, 0.5) is 0 Å². The summed E-state index contributed by atoms with van der Waals surface area (Å²) in [5.41, 5.74) is 1.97. The summed E-state index contributed by atoms with van der Waals surface area (Å²) in [7, 11) is 3.46. The number of thioether (sulfide) groups is 1. The number of methoxy groups -OCH3 is 1. The summed E-state index contributed by atoms with van der Waals surface area (Å²) in [5.74, 6) is 1.07. The quantitative estimate of drug-likeness (QED) is 0.453. The lowest BCUT2D eigenvalue weighted by Crippen LogP contribution is -2.32. The van der Waals surface area contributed by atoms with Gasteiger partial charge in [0.1, 0.15) is 12.4 Å². The molecule has 154 valence electrons. The van der Waals surface area contributed by atoms with Gasteiger partial charge in [-0.2, -0.15) is 0 Å². The van der Waals surface area contributed by atoms with Crippen LogP contribution in [-0.4, -0.2) is 60.0 Å². The van der Waals surface area contributed by atoms with E-state index >= 15 is 0 Å². The maximum Gasteiger partial charge on any atom is 0.232 e. The molecule has 0 atom stereocenters. The second-order valence-electron chi connectivity index (χ2n) is 6.43. The molecule has 3 aromatic rings. The minimum absolute atomic E-state index is 0.0278. The van der Waals surface area contributed by atoms with Gasteiger partial charge in [-0.15, -0.1) is 0 Å². The summed E-state index contributed by atoms with van der Waals surface area (Å²) in [6, 6.07) is 15.1. The number of ether oxygens (including phenoxy) is 2. The van der Waals surface area contributed by atoms with Crippen molar-refractivity contribution in [1.29, 1.82) is 0 Å². The molecular weight excluding hydrogens is 410 g/mol. The minimum atomic E-state index is 0.0278. The number of hydrogen-bond acceptors (Lipinski definition) is 5. The standard InChI is InChI=1S/C21H24ClN3O3S/c1-24(11-14-28-17-9-7-16(22)8-10-17)20(26)15-29-21-23-18-5-3-4-6-19(18)25(21)12-13-27-2/h3-10H,11-15H2,1-2H3. The Hall–Kier alpha value is -2.22. The lowest BCUT2D eigenvalue weighted by molar-refractivity contribution is -0.127. The smallest absolute Gasteiger partial charge is 0.232 e. The van der Waals surface area contributed by atoms with Crippen molar-refractivity contribution in [2.24, 2.45) is 0 Å². The van der Waals surface area contributed by atoms with E-state index in [2.05, 4.69) is 9.55 Å². The molecular formula is C21H24ClN3O3S. The molecule has 0 aliphatic rings. The monoisotopic (exact) mass is 433 g/mol. The van der Waals surface area contributed by atoms with Crippen LogP contribution in [0.2, 0.25) is 5.02 Å². The van der Waals surface area contributed by atoms with Crippen molar-refractivity contribution in [3.8, 4) is 5.75 Å². The number of amides is 1. The van der Waals surface area contributed by atoms with E-state index in [1.54, 1.807) is 31.2 Å². The predicted molar refractivity (Wildman–Crippen MR) is 117 cm³/mol. The van der Waals surface area contributed by atoms with Crippen LogP contribution in [-0.2, 0) is 16.1 Å². The predicted octanol–water partition coefficient (Wildman–Crippen LogP) is 3.97. The Kier molecular flexibility index (Phi) is 7.80. The molecule has 0 radical (unpaired) electrons. The summed E-state index contributed by atoms with van der Waals surface area (Å²) in [6.07, 6.45) is 0. The van der Waals surface area contributed by atoms with Gasteiger partial charge in [0.2, 0.25) is 5.91 Å².